The summed E-state index contributed by atoms with van der Waals surface area (Å²) in [6, 6.07) is 11.2. The number of aromatic hydroxyl groups is 1. The summed E-state index contributed by atoms with van der Waals surface area (Å²) in [6.07, 6.45) is 0. The van der Waals surface area contributed by atoms with Crippen LogP contribution in [0.15, 0.2) is 40.9 Å². The maximum atomic E-state index is 9.79. The van der Waals surface area contributed by atoms with Gasteiger partial charge in [0.15, 0.2) is 11.5 Å². The van der Waals surface area contributed by atoms with Gasteiger partial charge in [-0.3, -0.25) is 0 Å². The number of rotatable bonds is 6. The van der Waals surface area contributed by atoms with Gasteiger partial charge in [-0.15, -0.1) is 0 Å². The fraction of sp³-hybridized carbons (Fsp3) is 0.250. The summed E-state index contributed by atoms with van der Waals surface area (Å²) in [5.74, 6) is 1.71. The number of hydrogen-bond acceptors (Lipinski definition) is 4. The van der Waals surface area contributed by atoms with E-state index in [4.69, 9.17) is 9.47 Å². The van der Waals surface area contributed by atoms with Gasteiger partial charge in [-0.25, -0.2) is 0 Å². The van der Waals surface area contributed by atoms with Crippen LogP contribution in [0.3, 0.4) is 0 Å². The third-order valence-electron chi connectivity index (χ3n) is 3.13. The highest BCUT2D eigenvalue weighted by atomic mass is 79.9. The summed E-state index contributed by atoms with van der Waals surface area (Å²) >= 11 is 3.40. The van der Waals surface area contributed by atoms with Crippen LogP contribution in [-0.4, -0.2) is 19.3 Å². The minimum atomic E-state index is 0.290. The monoisotopic (exact) mass is 351 g/mol. The Kier molecular flexibility index (Phi) is 5.47. The minimum Gasteiger partial charge on any atom is -0.508 e. The Morgan fingerprint density at radius 1 is 1.00 bits per heavy atom. The van der Waals surface area contributed by atoms with Crippen LogP contribution in [0.4, 0.5) is 0 Å². The molecule has 0 amide bonds. The van der Waals surface area contributed by atoms with E-state index in [1.54, 1.807) is 20.3 Å². The Balaban J connectivity index is 1.98. The number of halogens is 1. The Morgan fingerprint density at radius 3 is 2.48 bits per heavy atom. The maximum absolute atomic E-state index is 9.79. The smallest absolute Gasteiger partial charge is 0.161 e. The zero-order valence-electron chi connectivity index (χ0n) is 12.0. The van der Waals surface area contributed by atoms with Gasteiger partial charge in [0.25, 0.3) is 0 Å². The van der Waals surface area contributed by atoms with E-state index in [0.29, 0.717) is 24.6 Å². The van der Waals surface area contributed by atoms with Crippen LogP contribution in [0.25, 0.3) is 0 Å². The summed E-state index contributed by atoms with van der Waals surface area (Å²) in [5.41, 5.74) is 1.94. The van der Waals surface area contributed by atoms with Gasteiger partial charge in [-0.1, -0.05) is 22.0 Å². The van der Waals surface area contributed by atoms with Gasteiger partial charge in [0, 0.05) is 23.1 Å². The lowest BCUT2D eigenvalue weighted by molar-refractivity contribution is 0.354. The molecule has 4 nitrogen and oxygen atoms in total. The molecule has 5 heteroatoms. The summed E-state index contributed by atoms with van der Waals surface area (Å²) in [6.45, 7) is 1.26. The molecule has 0 aliphatic rings. The Morgan fingerprint density at radius 2 is 1.76 bits per heavy atom. The van der Waals surface area contributed by atoms with E-state index >= 15 is 0 Å². The lowest BCUT2D eigenvalue weighted by Gasteiger charge is -2.11. The van der Waals surface area contributed by atoms with Crippen LogP contribution in [-0.2, 0) is 13.1 Å². The first-order valence-corrected chi connectivity index (χ1v) is 7.32. The molecule has 0 unspecified atom stereocenters. The highest BCUT2D eigenvalue weighted by molar-refractivity contribution is 9.10. The fourth-order valence-electron chi connectivity index (χ4n) is 2.03. The molecule has 0 spiro atoms. The number of nitrogens with one attached hydrogen (secondary N) is 1. The van der Waals surface area contributed by atoms with Gasteiger partial charge in [-0.2, -0.15) is 0 Å². The van der Waals surface area contributed by atoms with E-state index in [1.165, 1.54) is 0 Å². The van der Waals surface area contributed by atoms with Crippen LogP contribution in [0.1, 0.15) is 11.1 Å². The highest BCUT2D eigenvalue weighted by Gasteiger charge is 2.05. The van der Waals surface area contributed by atoms with E-state index < -0.39 is 0 Å². The molecule has 2 rings (SSSR count). The average molecular weight is 352 g/mol. The van der Waals surface area contributed by atoms with E-state index in [1.807, 2.05) is 30.3 Å². The van der Waals surface area contributed by atoms with E-state index in [2.05, 4.69) is 21.2 Å². The highest BCUT2D eigenvalue weighted by Crippen LogP contribution is 2.27. The van der Waals surface area contributed by atoms with E-state index in [-0.39, 0.29) is 5.75 Å². The SMILES string of the molecule is COc1ccc(CNCc2cc(Br)ccc2O)cc1OC. The predicted molar refractivity (Wildman–Crippen MR) is 85.9 cm³/mol. The predicted octanol–water partition coefficient (Wildman–Crippen LogP) is 3.46. The lowest BCUT2D eigenvalue weighted by atomic mass is 10.1. The average Bonchev–Trinajstić information content (AvgIpc) is 2.50. The van der Waals surface area contributed by atoms with Crippen molar-refractivity contribution in [1.82, 2.24) is 5.32 Å². The van der Waals surface area contributed by atoms with Gasteiger partial charge in [0.2, 0.25) is 0 Å². The van der Waals surface area contributed by atoms with Crippen molar-refractivity contribution in [3.05, 3.63) is 52.0 Å². The standard InChI is InChI=1S/C16H18BrNO3/c1-20-15-6-3-11(7-16(15)21-2)9-18-10-12-8-13(17)4-5-14(12)19/h3-8,18-19H,9-10H2,1-2H3. The molecule has 0 heterocycles. The Bertz CT molecular complexity index is 616. The van der Waals surface area contributed by atoms with Crippen molar-refractivity contribution in [2.24, 2.45) is 0 Å². The molecule has 2 aromatic carbocycles. The van der Waals surface area contributed by atoms with Crippen LogP contribution in [0.2, 0.25) is 0 Å². The van der Waals surface area contributed by atoms with Crippen molar-refractivity contribution in [3.8, 4) is 17.2 Å². The van der Waals surface area contributed by atoms with Crippen molar-refractivity contribution in [3.63, 3.8) is 0 Å². The molecule has 0 aromatic heterocycles. The van der Waals surface area contributed by atoms with E-state index in [0.717, 1.165) is 15.6 Å². The second kappa shape index (κ2) is 7.33. The van der Waals surface area contributed by atoms with Crippen molar-refractivity contribution in [2.75, 3.05) is 14.2 Å². The van der Waals surface area contributed by atoms with Crippen LogP contribution in [0.5, 0.6) is 17.2 Å². The number of hydrogen-bond donors (Lipinski definition) is 2. The van der Waals surface area contributed by atoms with Crippen LogP contribution < -0.4 is 14.8 Å². The van der Waals surface area contributed by atoms with Crippen molar-refractivity contribution >= 4 is 15.9 Å². The Hall–Kier alpha value is -1.72. The summed E-state index contributed by atoms with van der Waals surface area (Å²) in [5, 5.41) is 13.1. The maximum Gasteiger partial charge on any atom is 0.161 e. The minimum absolute atomic E-state index is 0.290. The second-order valence-corrected chi connectivity index (χ2v) is 5.48. The first-order valence-electron chi connectivity index (χ1n) is 6.53. The molecule has 0 radical (unpaired) electrons. The zero-order chi connectivity index (χ0) is 15.2. The number of phenolic OH excluding ortho intramolecular Hbond substituents is 1. The van der Waals surface area contributed by atoms with E-state index in [9.17, 15) is 5.11 Å². The molecule has 0 atom stereocenters. The molecule has 0 saturated heterocycles. The molecule has 112 valence electrons. The van der Waals surface area contributed by atoms with Gasteiger partial charge >= 0.3 is 0 Å². The molecule has 0 saturated carbocycles. The Labute approximate surface area is 132 Å². The first kappa shape index (κ1) is 15.7. The first-order chi connectivity index (χ1) is 10.1. The molecule has 21 heavy (non-hydrogen) atoms. The number of ether oxygens (including phenoxy) is 2. The molecular weight excluding hydrogens is 334 g/mol. The van der Waals surface area contributed by atoms with Crippen molar-refractivity contribution in [2.45, 2.75) is 13.1 Å². The quantitative estimate of drug-likeness (QED) is 0.836. The van der Waals surface area contributed by atoms with Gasteiger partial charge < -0.3 is 19.9 Å². The lowest BCUT2D eigenvalue weighted by Crippen LogP contribution is -2.13. The topological polar surface area (TPSA) is 50.7 Å². The van der Waals surface area contributed by atoms with Crippen molar-refractivity contribution < 1.29 is 14.6 Å². The largest absolute Gasteiger partial charge is 0.508 e. The molecule has 0 aliphatic heterocycles. The summed E-state index contributed by atoms with van der Waals surface area (Å²) in [7, 11) is 3.24. The van der Waals surface area contributed by atoms with Crippen LogP contribution in [0, 0.1) is 0 Å². The van der Waals surface area contributed by atoms with Crippen molar-refractivity contribution in [1.29, 1.82) is 0 Å². The number of benzene rings is 2. The molecule has 2 aromatic rings. The van der Waals surface area contributed by atoms with Gasteiger partial charge in [-0.05, 0) is 35.9 Å². The molecular formula is C16H18BrNO3. The van der Waals surface area contributed by atoms with Crippen LogP contribution >= 0.6 is 15.9 Å². The molecule has 0 aliphatic carbocycles. The number of methoxy groups -OCH3 is 2. The third-order valence-corrected chi connectivity index (χ3v) is 3.63. The van der Waals surface area contributed by atoms with Gasteiger partial charge in [0.1, 0.15) is 5.75 Å². The zero-order valence-corrected chi connectivity index (χ0v) is 13.6. The fourth-order valence-corrected chi connectivity index (χ4v) is 2.44. The summed E-state index contributed by atoms with van der Waals surface area (Å²) in [4.78, 5) is 0. The molecule has 0 bridgehead atoms. The molecule has 0 fully saturated rings. The molecule has 2 N–H and O–H groups in total. The second-order valence-electron chi connectivity index (χ2n) is 4.57. The summed E-state index contributed by atoms with van der Waals surface area (Å²) < 4.78 is 11.4. The normalized spacial score (nSPS) is 10.4. The third kappa shape index (κ3) is 4.12. The number of phenols is 1. The van der Waals surface area contributed by atoms with Gasteiger partial charge in [0.05, 0.1) is 14.2 Å².